The van der Waals surface area contributed by atoms with E-state index in [2.05, 4.69) is 10.6 Å². The first kappa shape index (κ1) is 19.5. The van der Waals surface area contributed by atoms with E-state index < -0.39 is 29.6 Å². The highest BCUT2D eigenvalue weighted by Crippen LogP contribution is 2.06. The first-order valence-electron chi connectivity index (χ1n) is 7.59. The van der Waals surface area contributed by atoms with Crippen molar-refractivity contribution >= 4 is 18.0 Å². The Balaban J connectivity index is 2.55. The summed E-state index contributed by atoms with van der Waals surface area (Å²) in [6.07, 6.45) is -0.401. The normalized spacial score (nSPS) is 12.0. The zero-order valence-corrected chi connectivity index (χ0v) is 14.4. The van der Waals surface area contributed by atoms with Crippen LogP contribution < -0.4 is 10.6 Å². The van der Waals surface area contributed by atoms with E-state index in [0.29, 0.717) is 6.42 Å². The molecule has 0 aliphatic heterocycles. The first-order chi connectivity index (χ1) is 11.2. The van der Waals surface area contributed by atoms with Crippen LogP contribution in [0.1, 0.15) is 26.3 Å². The molecule has 0 radical (unpaired) electrons. The predicted molar refractivity (Wildman–Crippen MR) is 88.3 cm³/mol. The van der Waals surface area contributed by atoms with Crippen LogP contribution in [0.15, 0.2) is 30.3 Å². The van der Waals surface area contributed by atoms with Crippen molar-refractivity contribution in [1.29, 1.82) is 0 Å². The molecule has 1 unspecified atom stereocenters. The number of carbonyl (C=O) groups excluding carboxylic acids is 3. The number of hydrogen-bond donors (Lipinski definition) is 2. The third-order valence-corrected chi connectivity index (χ3v) is 2.90. The number of nitrogens with one attached hydrogen (secondary N) is 2. The second kappa shape index (κ2) is 8.90. The Kier molecular flexibility index (Phi) is 7.23. The van der Waals surface area contributed by atoms with Crippen molar-refractivity contribution in [3.8, 4) is 0 Å². The fraction of sp³-hybridized carbons (Fsp3) is 0.471. The molecule has 0 saturated carbocycles. The van der Waals surface area contributed by atoms with Gasteiger partial charge in [-0.15, -0.1) is 0 Å². The molecule has 1 atom stereocenters. The van der Waals surface area contributed by atoms with Crippen LogP contribution in [0.3, 0.4) is 0 Å². The van der Waals surface area contributed by atoms with Crippen molar-refractivity contribution in [1.82, 2.24) is 10.6 Å². The van der Waals surface area contributed by atoms with E-state index in [1.54, 1.807) is 20.8 Å². The van der Waals surface area contributed by atoms with Gasteiger partial charge in [0.1, 0.15) is 18.2 Å². The lowest BCUT2D eigenvalue weighted by Crippen LogP contribution is -2.47. The van der Waals surface area contributed by atoms with Gasteiger partial charge in [0.15, 0.2) is 0 Å². The fourth-order valence-corrected chi connectivity index (χ4v) is 1.90. The summed E-state index contributed by atoms with van der Waals surface area (Å²) in [6, 6.07) is 8.41. The Morgan fingerprint density at radius 1 is 1.12 bits per heavy atom. The van der Waals surface area contributed by atoms with Crippen LogP contribution in [0.5, 0.6) is 0 Å². The number of methoxy groups -OCH3 is 1. The third kappa shape index (κ3) is 7.62. The Morgan fingerprint density at radius 2 is 1.75 bits per heavy atom. The van der Waals surface area contributed by atoms with Gasteiger partial charge in [-0.05, 0) is 26.3 Å². The molecule has 0 aliphatic rings. The maximum absolute atomic E-state index is 11.9. The summed E-state index contributed by atoms with van der Waals surface area (Å²) >= 11 is 0. The van der Waals surface area contributed by atoms with Gasteiger partial charge in [0.05, 0.1) is 7.11 Å². The number of carbonyl (C=O) groups is 3. The molecule has 7 nitrogen and oxygen atoms in total. The Hall–Kier alpha value is -2.57. The maximum atomic E-state index is 11.9. The summed E-state index contributed by atoms with van der Waals surface area (Å²) < 4.78 is 9.75. The molecular weight excluding hydrogens is 312 g/mol. The van der Waals surface area contributed by atoms with E-state index in [9.17, 15) is 14.4 Å². The number of rotatable bonds is 6. The number of ether oxygens (including phenoxy) is 2. The number of hydrogen-bond acceptors (Lipinski definition) is 5. The zero-order valence-electron chi connectivity index (χ0n) is 14.4. The second-order valence-corrected chi connectivity index (χ2v) is 6.19. The van der Waals surface area contributed by atoms with Gasteiger partial charge in [-0.1, -0.05) is 30.3 Å². The van der Waals surface area contributed by atoms with Gasteiger partial charge < -0.3 is 20.1 Å². The van der Waals surface area contributed by atoms with Gasteiger partial charge in [0, 0.05) is 6.42 Å². The molecule has 0 aromatic heterocycles. The molecule has 2 amide bonds. The van der Waals surface area contributed by atoms with E-state index >= 15 is 0 Å². The van der Waals surface area contributed by atoms with Crippen LogP contribution in [-0.2, 0) is 25.5 Å². The number of amides is 2. The fourth-order valence-electron chi connectivity index (χ4n) is 1.90. The largest absolute Gasteiger partial charge is 0.467 e. The number of benzene rings is 1. The van der Waals surface area contributed by atoms with Crippen LogP contribution >= 0.6 is 0 Å². The SMILES string of the molecule is COC(=O)C(Cc1ccccc1)NC(=O)CNC(=O)OC(C)(C)C. The summed E-state index contributed by atoms with van der Waals surface area (Å²) in [5.41, 5.74) is 0.232. The molecule has 132 valence electrons. The van der Waals surface area contributed by atoms with Crippen molar-refractivity contribution in [2.45, 2.75) is 38.8 Å². The predicted octanol–water partition coefficient (Wildman–Crippen LogP) is 1.41. The molecule has 2 N–H and O–H groups in total. The molecule has 0 heterocycles. The lowest BCUT2D eigenvalue weighted by Gasteiger charge is -2.20. The molecule has 0 fully saturated rings. The highest BCUT2D eigenvalue weighted by Gasteiger charge is 2.22. The van der Waals surface area contributed by atoms with Crippen molar-refractivity contribution < 1.29 is 23.9 Å². The van der Waals surface area contributed by atoms with Crippen molar-refractivity contribution in [3.05, 3.63) is 35.9 Å². The van der Waals surface area contributed by atoms with Gasteiger partial charge in [0.2, 0.25) is 5.91 Å². The smallest absolute Gasteiger partial charge is 0.408 e. The molecule has 1 aromatic carbocycles. The van der Waals surface area contributed by atoms with Gasteiger partial charge in [-0.3, -0.25) is 4.79 Å². The molecule has 24 heavy (non-hydrogen) atoms. The molecule has 0 saturated heterocycles. The van der Waals surface area contributed by atoms with Crippen LogP contribution in [0, 0.1) is 0 Å². The van der Waals surface area contributed by atoms with Gasteiger partial charge >= 0.3 is 12.1 Å². The third-order valence-electron chi connectivity index (χ3n) is 2.90. The highest BCUT2D eigenvalue weighted by molar-refractivity contribution is 5.87. The summed E-state index contributed by atoms with van der Waals surface area (Å²) in [6.45, 7) is 4.87. The van der Waals surface area contributed by atoms with Crippen molar-refractivity contribution in [2.24, 2.45) is 0 Å². The number of esters is 1. The van der Waals surface area contributed by atoms with Crippen LogP contribution in [0.25, 0.3) is 0 Å². The lowest BCUT2D eigenvalue weighted by atomic mass is 10.1. The Morgan fingerprint density at radius 3 is 2.29 bits per heavy atom. The quantitative estimate of drug-likeness (QED) is 0.766. The van der Waals surface area contributed by atoms with Crippen LogP contribution in [0.2, 0.25) is 0 Å². The maximum Gasteiger partial charge on any atom is 0.408 e. The van der Waals surface area contributed by atoms with Crippen LogP contribution in [-0.4, -0.2) is 43.3 Å². The Labute approximate surface area is 141 Å². The molecular formula is C17H24N2O5. The summed E-state index contributed by atoms with van der Waals surface area (Å²) in [4.78, 5) is 35.3. The topological polar surface area (TPSA) is 93.7 Å². The monoisotopic (exact) mass is 336 g/mol. The lowest BCUT2D eigenvalue weighted by molar-refractivity contribution is -0.144. The summed E-state index contributed by atoms with van der Waals surface area (Å²) in [5.74, 6) is -1.06. The average Bonchev–Trinajstić information content (AvgIpc) is 2.51. The highest BCUT2D eigenvalue weighted by atomic mass is 16.6. The van der Waals surface area contributed by atoms with E-state index in [1.165, 1.54) is 7.11 Å². The Bertz CT molecular complexity index is 566. The molecule has 0 spiro atoms. The summed E-state index contributed by atoms with van der Waals surface area (Å²) in [7, 11) is 1.26. The van der Waals surface area contributed by atoms with Gasteiger partial charge in [-0.2, -0.15) is 0 Å². The van der Waals surface area contributed by atoms with Crippen molar-refractivity contribution in [2.75, 3.05) is 13.7 Å². The van der Waals surface area contributed by atoms with E-state index in [-0.39, 0.29) is 6.54 Å². The molecule has 7 heteroatoms. The molecule has 0 aliphatic carbocycles. The number of alkyl carbamates (subject to hydrolysis) is 1. The van der Waals surface area contributed by atoms with Crippen molar-refractivity contribution in [3.63, 3.8) is 0 Å². The molecule has 1 aromatic rings. The van der Waals surface area contributed by atoms with E-state index in [0.717, 1.165) is 5.56 Å². The summed E-state index contributed by atoms with van der Waals surface area (Å²) in [5, 5.41) is 4.89. The standard InChI is InChI=1S/C17H24N2O5/c1-17(2,3)24-16(22)18-11-14(20)19-13(15(21)23-4)10-12-8-6-5-7-9-12/h5-9,13H,10-11H2,1-4H3,(H,18,22)(H,19,20). The minimum Gasteiger partial charge on any atom is -0.467 e. The molecule has 0 bridgehead atoms. The van der Waals surface area contributed by atoms with E-state index in [1.807, 2.05) is 30.3 Å². The average molecular weight is 336 g/mol. The second-order valence-electron chi connectivity index (χ2n) is 6.19. The van der Waals surface area contributed by atoms with Gasteiger partial charge in [-0.25, -0.2) is 9.59 Å². The minimum absolute atomic E-state index is 0.294. The van der Waals surface area contributed by atoms with Gasteiger partial charge in [0.25, 0.3) is 0 Å². The van der Waals surface area contributed by atoms with Crippen LogP contribution in [0.4, 0.5) is 4.79 Å². The first-order valence-corrected chi connectivity index (χ1v) is 7.59. The minimum atomic E-state index is -0.828. The zero-order chi connectivity index (χ0) is 18.2. The van der Waals surface area contributed by atoms with E-state index in [4.69, 9.17) is 9.47 Å². The molecule has 1 rings (SSSR count).